The zero-order chi connectivity index (χ0) is 5.15. The monoisotopic (exact) mass is 191 g/mol. The fourth-order valence-corrected chi connectivity index (χ4v) is 0. The summed E-state index contributed by atoms with van der Waals surface area (Å²) in [5.74, 6) is 0. The van der Waals surface area contributed by atoms with Crippen LogP contribution in [0.15, 0.2) is 0 Å². The summed E-state index contributed by atoms with van der Waals surface area (Å²) in [6.45, 7) is 0. The van der Waals surface area contributed by atoms with Crippen LogP contribution in [-0.4, -0.2) is 0 Å². The topological polar surface area (TPSA) is 0 Å². The van der Waals surface area contributed by atoms with Crippen LogP contribution in [0.4, 0.5) is 0 Å². The Kier molecular flexibility index (Phi) is 4.42. The van der Waals surface area contributed by atoms with Crippen molar-refractivity contribution in [3.8, 4) is 0 Å². The van der Waals surface area contributed by atoms with Gasteiger partial charge in [0.25, 0.3) is 0 Å². The van der Waals surface area contributed by atoms with Gasteiger partial charge in [0.2, 0.25) is 0 Å². The van der Waals surface area contributed by atoms with Crippen molar-refractivity contribution in [3.63, 3.8) is 0 Å². The number of rotatable bonds is 1. The van der Waals surface area contributed by atoms with Gasteiger partial charge in [0.15, 0.2) is 0 Å². The maximum Gasteiger partial charge on any atom is -0.0721 e. The maximum absolute atomic E-state index is 4.59. The van der Waals surface area contributed by atoms with E-state index in [9.17, 15) is 0 Å². The van der Waals surface area contributed by atoms with Crippen LogP contribution in [0.25, 0.3) is 0 Å². The minimum Gasteiger partial charge on any atom is -0.281 e. The Morgan fingerprint density at radius 3 is 1.33 bits per heavy atom. The molecule has 0 spiro atoms. The van der Waals surface area contributed by atoms with Crippen molar-refractivity contribution < 1.29 is 0 Å². The second-order valence-electron chi connectivity index (χ2n) is 0.441. The van der Waals surface area contributed by atoms with Crippen LogP contribution in [0.5, 0.6) is 0 Å². The van der Waals surface area contributed by atoms with E-state index in [4.69, 9.17) is 0 Å². The fraction of sp³-hybridized carbons (Fsp3) is 0. The van der Waals surface area contributed by atoms with Crippen LogP contribution >= 0.6 is 4.67 Å². The molecular weight excluding hydrogens is 191 g/mol. The molecule has 0 radical (unpaired) electrons. The fourth-order valence-electron chi connectivity index (χ4n) is 0. The molecule has 0 nitrogen and oxygen atoms in total. The van der Waals surface area contributed by atoms with Crippen molar-refractivity contribution in [2.75, 3.05) is 0 Å². The van der Waals surface area contributed by atoms with E-state index in [1.54, 1.807) is 0 Å². The highest BCUT2D eigenvalue weighted by molar-refractivity contribution is 8.85. The molecule has 0 aromatic carbocycles. The second kappa shape index (κ2) is 3.52. The van der Waals surface area contributed by atoms with Crippen molar-refractivity contribution in [3.05, 3.63) is 0 Å². The standard InChI is InChI=1S/PS5/c2-1(3)6(4)5/q-1. The first kappa shape index (κ1) is 7.53. The Hall–Kier alpha value is 1.53. The predicted molar refractivity (Wildman–Crippen MR) is 43.7 cm³/mol. The molecule has 6 heteroatoms. The molecule has 0 aliphatic rings. The highest BCUT2D eigenvalue weighted by Gasteiger charge is 1.46. The summed E-state index contributed by atoms with van der Waals surface area (Å²) in [4.78, 5) is 0. The lowest BCUT2D eigenvalue weighted by molar-refractivity contribution is 5.56. The highest BCUT2D eigenvalue weighted by Crippen LogP contribution is 2.02. The van der Waals surface area contributed by atoms with Gasteiger partial charge in [-0.3, -0.25) is 7.63 Å². The van der Waals surface area contributed by atoms with E-state index < -0.39 is 12.3 Å². The van der Waals surface area contributed by atoms with E-state index >= 15 is 0 Å². The molecule has 0 heterocycles. The van der Waals surface area contributed by atoms with Gasteiger partial charge in [-0.15, -0.1) is 0 Å². The van der Waals surface area contributed by atoms with Crippen molar-refractivity contribution >= 4 is 58.3 Å². The molecule has 0 fully saturated rings. The third-order valence-electron chi connectivity index (χ3n) is 0.122. The molecule has 0 atom stereocenters. The molecule has 36 valence electrons. The third-order valence-corrected chi connectivity index (χ3v) is 9.86. The second-order valence-corrected chi connectivity index (χ2v) is 11.9. The molecule has 0 amide bonds. The van der Waals surface area contributed by atoms with Gasteiger partial charge in [0.05, 0.1) is 0 Å². The molecule has 0 aromatic rings. The van der Waals surface area contributed by atoms with E-state index in [0.29, 0.717) is 0 Å². The Bertz CT molecular complexity index is 121. The van der Waals surface area contributed by atoms with Gasteiger partial charge in [-0.25, -0.2) is 22.4 Å². The maximum atomic E-state index is 4.59. The normalized spacial score (nSPS) is 8.83. The van der Waals surface area contributed by atoms with E-state index in [2.05, 4.69) is 46.0 Å². The van der Waals surface area contributed by atoms with Gasteiger partial charge < -0.3 is 0 Å². The lowest BCUT2D eigenvalue weighted by Crippen LogP contribution is -1.38. The van der Waals surface area contributed by atoms with E-state index in [-0.39, 0.29) is 0 Å². The van der Waals surface area contributed by atoms with Crippen molar-refractivity contribution in [2.45, 2.75) is 0 Å². The average Bonchev–Trinajstić information content (AvgIpc) is 1.36. The molecule has 0 saturated carbocycles. The van der Waals surface area contributed by atoms with Crippen LogP contribution in [0, 0.1) is 0 Å². The van der Waals surface area contributed by atoms with E-state index in [0.717, 1.165) is 0 Å². The first-order valence-electron chi connectivity index (χ1n) is 0.881. The molecule has 0 unspecified atom stereocenters. The quantitative estimate of drug-likeness (QED) is 0.445. The Morgan fingerprint density at radius 2 is 1.33 bits per heavy atom. The first-order chi connectivity index (χ1) is 2.64. The summed E-state index contributed by atoms with van der Waals surface area (Å²) < 4.78 is -0.835. The zero-order valence-electron chi connectivity index (χ0n) is 2.49. The van der Waals surface area contributed by atoms with Crippen LogP contribution in [-0.2, 0) is 53.6 Å². The summed E-state index contributed by atoms with van der Waals surface area (Å²) in [5.41, 5.74) is 0. The summed E-state index contributed by atoms with van der Waals surface area (Å²) in [5, 5.41) is 0. The molecule has 0 N–H and O–H groups in total. The van der Waals surface area contributed by atoms with Crippen LogP contribution in [0.3, 0.4) is 0 Å². The van der Waals surface area contributed by atoms with Crippen molar-refractivity contribution in [1.82, 2.24) is 0 Å². The molecule has 0 bridgehead atoms. The lowest BCUT2D eigenvalue weighted by Gasteiger charge is -1.80. The van der Waals surface area contributed by atoms with Gasteiger partial charge >= 0.3 is 0 Å². The van der Waals surface area contributed by atoms with Crippen LogP contribution in [0.2, 0.25) is 0 Å². The van der Waals surface area contributed by atoms with Crippen LogP contribution < -0.4 is 0 Å². The minimum atomic E-state index is -0.835. The number of hydrogen-bond donors (Lipinski definition) is 0. The summed E-state index contributed by atoms with van der Waals surface area (Å²) >= 11 is 18.3. The van der Waals surface area contributed by atoms with Gasteiger partial charge in [-0.1, -0.05) is 28.3 Å². The van der Waals surface area contributed by atoms with E-state index in [1.807, 2.05) is 0 Å². The molecule has 0 aliphatic carbocycles. The van der Waals surface area contributed by atoms with Crippen LogP contribution in [0.1, 0.15) is 0 Å². The SMILES string of the molecule is S=P(=S)[S-](=S)=S. The molecule has 0 saturated heterocycles. The van der Waals surface area contributed by atoms with Gasteiger partial charge in [-0.2, -0.15) is 0 Å². The smallest absolute Gasteiger partial charge is 0.0721 e. The largest absolute Gasteiger partial charge is 0.281 e. The molecular formula is PS5-. The molecule has 0 aromatic heterocycles. The number of hydrogen-bond acceptors (Lipinski definition) is 5. The van der Waals surface area contributed by atoms with Gasteiger partial charge in [0.1, 0.15) is 0 Å². The van der Waals surface area contributed by atoms with E-state index in [1.165, 1.54) is 0 Å². The molecule has 6 heavy (non-hydrogen) atoms. The third kappa shape index (κ3) is 3.71. The Balaban J connectivity index is 4.38. The average molecular weight is 191 g/mol. The summed E-state index contributed by atoms with van der Waals surface area (Å²) in [7, 11) is -0.506. The van der Waals surface area contributed by atoms with Gasteiger partial charge in [-0.05, 0) is 0 Å². The Labute approximate surface area is 58.0 Å². The summed E-state index contributed by atoms with van der Waals surface area (Å²) in [6, 6.07) is 0. The molecule has 0 rings (SSSR count). The zero-order valence-corrected chi connectivity index (χ0v) is 7.47. The lowest BCUT2D eigenvalue weighted by atomic mass is 29.9. The van der Waals surface area contributed by atoms with Crippen molar-refractivity contribution in [2.24, 2.45) is 0 Å². The first-order valence-corrected chi connectivity index (χ1v) is 7.93. The van der Waals surface area contributed by atoms with Gasteiger partial charge in [0, 0.05) is 0 Å². The predicted octanol–water partition coefficient (Wildman–Crippen LogP) is 0.849. The highest BCUT2D eigenvalue weighted by atomic mass is 33.4. The van der Waals surface area contributed by atoms with Crippen molar-refractivity contribution in [1.29, 1.82) is 0 Å². The minimum absolute atomic E-state index is 0.506. The Morgan fingerprint density at radius 1 is 1.17 bits per heavy atom. The molecule has 0 aliphatic heterocycles. The summed E-state index contributed by atoms with van der Waals surface area (Å²) in [6.07, 6.45) is 0.